The second-order valence-corrected chi connectivity index (χ2v) is 9.31. The molecule has 0 aromatic heterocycles. The molecule has 1 saturated heterocycles. The van der Waals surface area contributed by atoms with Crippen LogP contribution in [-0.2, 0) is 9.59 Å². The van der Waals surface area contributed by atoms with Gasteiger partial charge in [-0.3, -0.25) is 14.5 Å². The third-order valence-electron chi connectivity index (χ3n) is 7.01. The molecule has 0 bridgehead atoms. The molecule has 8 nitrogen and oxygen atoms in total. The summed E-state index contributed by atoms with van der Waals surface area (Å²) in [6.07, 6.45) is 3.44. The number of anilines is 1. The number of nitrogens with zero attached hydrogens (tertiary/aromatic N) is 2. The number of nitrogens with two attached hydrogens (primary N) is 1. The van der Waals surface area contributed by atoms with Gasteiger partial charge in [-0.25, -0.2) is 13.6 Å². The lowest BCUT2D eigenvalue weighted by atomic mass is 9.82. The molecule has 0 unspecified atom stereocenters. The molecule has 0 radical (unpaired) electrons. The van der Waals surface area contributed by atoms with E-state index < -0.39 is 17.8 Å². The van der Waals surface area contributed by atoms with Gasteiger partial charge in [-0.2, -0.15) is 0 Å². The van der Waals surface area contributed by atoms with E-state index in [1.165, 1.54) is 48.5 Å². The maximum Gasteiger partial charge on any atom is 0.321 e. The van der Waals surface area contributed by atoms with Gasteiger partial charge >= 0.3 is 6.03 Å². The highest BCUT2D eigenvalue weighted by molar-refractivity contribution is 5.90. The summed E-state index contributed by atoms with van der Waals surface area (Å²) in [5, 5.41) is 5.57. The predicted molar refractivity (Wildman–Crippen MR) is 131 cm³/mol. The third-order valence-corrected chi connectivity index (χ3v) is 7.01. The van der Waals surface area contributed by atoms with Crippen LogP contribution in [0.15, 0.2) is 48.5 Å². The van der Waals surface area contributed by atoms with Gasteiger partial charge in [-0.05, 0) is 54.8 Å². The van der Waals surface area contributed by atoms with E-state index in [1.807, 2.05) is 0 Å². The molecule has 0 spiro atoms. The number of hydrogen-bond acceptors (Lipinski definition) is 4. The lowest BCUT2D eigenvalue weighted by Crippen LogP contribution is -2.57. The first-order chi connectivity index (χ1) is 17.3. The smallest absolute Gasteiger partial charge is 0.321 e. The highest BCUT2D eigenvalue weighted by atomic mass is 19.1. The summed E-state index contributed by atoms with van der Waals surface area (Å²) in [5.41, 5.74) is 6.51. The first-order valence-electron chi connectivity index (χ1n) is 12.2. The van der Waals surface area contributed by atoms with Crippen LogP contribution in [0.3, 0.4) is 0 Å². The molecule has 2 aromatic rings. The van der Waals surface area contributed by atoms with Gasteiger partial charge in [-0.1, -0.05) is 25.0 Å². The number of benzene rings is 2. The van der Waals surface area contributed by atoms with Gasteiger partial charge < -0.3 is 21.3 Å². The Kier molecular flexibility index (Phi) is 8.14. The van der Waals surface area contributed by atoms with Gasteiger partial charge in [-0.15, -0.1) is 0 Å². The fourth-order valence-electron chi connectivity index (χ4n) is 5.07. The monoisotopic (exact) mass is 499 g/mol. The Morgan fingerprint density at radius 1 is 0.861 bits per heavy atom. The van der Waals surface area contributed by atoms with Crippen molar-refractivity contribution in [3.05, 3.63) is 65.7 Å². The molecule has 192 valence electrons. The minimum atomic E-state index is -1.03. The first-order valence-corrected chi connectivity index (χ1v) is 12.2. The van der Waals surface area contributed by atoms with Crippen LogP contribution in [0, 0.1) is 17.6 Å². The van der Waals surface area contributed by atoms with Crippen molar-refractivity contribution in [3.8, 4) is 0 Å². The maximum atomic E-state index is 13.3. The van der Waals surface area contributed by atoms with Crippen LogP contribution in [0.25, 0.3) is 0 Å². The number of carbonyl (C=O) groups excluding carboxylic acids is 3. The van der Waals surface area contributed by atoms with Crippen LogP contribution in [0.1, 0.15) is 37.3 Å². The lowest BCUT2D eigenvalue weighted by Gasteiger charge is -2.43. The summed E-state index contributed by atoms with van der Waals surface area (Å²) in [6.45, 7) is 2.22. The Morgan fingerprint density at radius 2 is 1.44 bits per heavy atom. The van der Waals surface area contributed by atoms with E-state index in [4.69, 9.17) is 5.73 Å². The predicted octanol–water partition coefficient (Wildman–Crippen LogP) is 3.02. The summed E-state index contributed by atoms with van der Waals surface area (Å²) in [6, 6.07) is 9.66. The van der Waals surface area contributed by atoms with Crippen molar-refractivity contribution < 1.29 is 23.2 Å². The van der Waals surface area contributed by atoms with E-state index in [2.05, 4.69) is 15.5 Å². The van der Waals surface area contributed by atoms with E-state index in [0.29, 0.717) is 43.9 Å². The van der Waals surface area contributed by atoms with Gasteiger partial charge in [0, 0.05) is 37.9 Å². The highest BCUT2D eigenvalue weighted by Crippen LogP contribution is 2.30. The summed E-state index contributed by atoms with van der Waals surface area (Å²) in [4.78, 5) is 41.9. The molecule has 1 heterocycles. The molecule has 36 heavy (non-hydrogen) atoms. The lowest BCUT2D eigenvalue weighted by molar-refractivity contribution is -0.133. The zero-order valence-corrected chi connectivity index (χ0v) is 20.0. The Balaban J connectivity index is 1.36. The van der Waals surface area contributed by atoms with Crippen LogP contribution < -0.4 is 16.4 Å². The highest BCUT2D eigenvalue weighted by Gasteiger charge is 2.38. The van der Waals surface area contributed by atoms with Gasteiger partial charge in [0.05, 0.1) is 5.92 Å². The van der Waals surface area contributed by atoms with Gasteiger partial charge in [0.1, 0.15) is 17.7 Å². The average molecular weight is 500 g/mol. The molecule has 2 aliphatic rings. The first kappa shape index (κ1) is 25.6. The molecule has 2 fully saturated rings. The SMILES string of the molecule is NC(=O)[C@@H](NC(=O)[C@@H]1CCCC[C@H]1N1CCN(C(=O)Nc2ccc(F)cc2)CC1)c1ccc(F)cc1. The standard InChI is InChI=1S/C26H31F2N5O3/c27-18-7-5-17(6-8-18)23(24(29)34)31-25(35)21-3-1-2-4-22(21)32-13-15-33(16-14-32)26(36)30-20-11-9-19(28)10-12-20/h5-12,21-23H,1-4,13-16H2,(H2,29,34)(H,30,36)(H,31,35)/t21-,22-,23+/m1/s1. The Morgan fingerprint density at radius 3 is 2.06 bits per heavy atom. The van der Waals surface area contributed by atoms with Crippen LogP contribution in [0.5, 0.6) is 0 Å². The fraction of sp³-hybridized carbons (Fsp3) is 0.423. The number of carbonyl (C=O) groups is 3. The molecule has 4 rings (SSSR count). The second kappa shape index (κ2) is 11.5. The number of halogens is 2. The largest absolute Gasteiger partial charge is 0.368 e. The molecule has 10 heteroatoms. The van der Waals surface area contributed by atoms with Crippen LogP contribution >= 0.6 is 0 Å². The molecule has 3 atom stereocenters. The van der Waals surface area contributed by atoms with Crippen LogP contribution in [0.2, 0.25) is 0 Å². The van der Waals surface area contributed by atoms with E-state index in [-0.39, 0.29) is 29.7 Å². The topological polar surface area (TPSA) is 108 Å². The van der Waals surface area contributed by atoms with Gasteiger partial charge in [0.15, 0.2) is 0 Å². The second-order valence-electron chi connectivity index (χ2n) is 9.31. The van der Waals surface area contributed by atoms with E-state index in [9.17, 15) is 23.2 Å². The minimum Gasteiger partial charge on any atom is -0.368 e. The third kappa shape index (κ3) is 6.17. The fourth-order valence-corrected chi connectivity index (χ4v) is 5.07. The molecule has 1 aliphatic heterocycles. The molecular weight excluding hydrogens is 468 g/mol. The molecule has 4 N–H and O–H groups in total. The minimum absolute atomic E-state index is 0.0113. The summed E-state index contributed by atoms with van der Waals surface area (Å²) in [5.74, 6) is -2.08. The van der Waals surface area contributed by atoms with E-state index >= 15 is 0 Å². The number of nitrogens with one attached hydrogen (secondary N) is 2. The molecule has 4 amide bonds. The van der Waals surface area contributed by atoms with Crippen LogP contribution in [0.4, 0.5) is 19.3 Å². The zero-order valence-electron chi connectivity index (χ0n) is 20.0. The van der Waals surface area contributed by atoms with Crippen molar-refractivity contribution in [2.24, 2.45) is 11.7 Å². The van der Waals surface area contributed by atoms with Crippen molar-refractivity contribution in [2.45, 2.75) is 37.8 Å². The van der Waals surface area contributed by atoms with Crippen molar-refractivity contribution >= 4 is 23.5 Å². The summed E-state index contributed by atoms with van der Waals surface area (Å²) < 4.78 is 26.4. The number of amides is 4. The van der Waals surface area contributed by atoms with Crippen molar-refractivity contribution in [3.63, 3.8) is 0 Å². The molecule has 2 aromatic carbocycles. The van der Waals surface area contributed by atoms with Crippen molar-refractivity contribution in [1.82, 2.24) is 15.1 Å². The normalized spacial score (nSPS) is 21.4. The quantitative estimate of drug-likeness (QED) is 0.568. The van der Waals surface area contributed by atoms with E-state index in [0.717, 1.165) is 19.3 Å². The number of rotatable bonds is 6. The molecule has 1 aliphatic carbocycles. The van der Waals surface area contributed by atoms with Crippen molar-refractivity contribution in [2.75, 3.05) is 31.5 Å². The summed E-state index contributed by atoms with van der Waals surface area (Å²) in [7, 11) is 0. The Hall–Kier alpha value is -3.53. The van der Waals surface area contributed by atoms with Gasteiger partial charge in [0.25, 0.3) is 0 Å². The number of piperazine rings is 1. The van der Waals surface area contributed by atoms with Crippen molar-refractivity contribution in [1.29, 1.82) is 0 Å². The van der Waals surface area contributed by atoms with Gasteiger partial charge in [0.2, 0.25) is 11.8 Å². The maximum absolute atomic E-state index is 13.3. The average Bonchev–Trinajstić information content (AvgIpc) is 2.89. The van der Waals surface area contributed by atoms with Crippen LogP contribution in [-0.4, -0.2) is 59.9 Å². The Labute approximate surface area is 208 Å². The zero-order chi connectivity index (χ0) is 25.7. The van der Waals surface area contributed by atoms with E-state index in [1.54, 1.807) is 4.90 Å². The number of hydrogen-bond donors (Lipinski definition) is 3. The molecule has 1 saturated carbocycles. The number of urea groups is 1. The summed E-state index contributed by atoms with van der Waals surface area (Å²) >= 11 is 0. The molecular formula is C26H31F2N5O3. The Bertz CT molecular complexity index is 1070. The number of primary amides is 1.